The summed E-state index contributed by atoms with van der Waals surface area (Å²) >= 11 is 0. The first kappa shape index (κ1) is 18.9. The van der Waals surface area contributed by atoms with Crippen LogP contribution in [0, 0.1) is 0 Å². The number of methoxy groups -OCH3 is 1. The molecular weight excluding hydrogens is 312 g/mol. The lowest BCUT2D eigenvalue weighted by molar-refractivity contribution is -0.130. The van der Waals surface area contributed by atoms with Crippen LogP contribution in [0.1, 0.15) is 31.7 Å². The summed E-state index contributed by atoms with van der Waals surface area (Å²) in [5, 5.41) is 0. The number of rotatable bonds is 9. The van der Waals surface area contributed by atoms with Crippen LogP contribution in [-0.2, 0) is 16.0 Å². The van der Waals surface area contributed by atoms with Gasteiger partial charge in [-0.1, -0.05) is 62.7 Å². The summed E-state index contributed by atoms with van der Waals surface area (Å²) in [6.45, 7) is 6.03. The fourth-order valence-electron chi connectivity index (χ4n) is 2.57. The molecular formula is C22H26O3. The topological polar surface area (TPSA) is 35.5 Å². The van der Waals surface area contributed by atoms with Gasteiger partial charge in [0.05, 0.1) is 12.2 Å². The molecule has 0 radical (unpaired) electrons. The molecule has 0 N–H and O–H groups in total. The van der Waals surface area contributed by atoms with Gasteiger partial charge in [-0.15, -0.1) is 0 Å². The SMILES string of the molecule is C=C(COC)C(=O)Oc1ccc(-c2ccc(CCCCC)cc2)cc1. The van der Waals surface area contributed by atoms with Gasteiger partial charge in [-0.2, -0.15) is 0 Å². The van der Waals surface area contributed by atoms with E-state index in [2.05, 4.69) is 37.8 Å². The lowest BCUT2D eigenvalue weighted by Gasteiger charge is -2.08. The van der Waals surface area contributed by atoms with Crippen LogP contribution in [0.25, 0.3) is 11.1 Å². The fourth-order valence-corrected chi connectivity index (χ4v) is 2.57. The minimum atomic E-state index is -0.467. The molecule has 0 aromatic heterocycles. The van der Waals surface area contributed by atoms with E-state index >= 15 is 0 Å². The minimum Gasteiger partial charge on any atom is -0.423 e. The van der Waals surface area contributed by atoms with Gasteiger partial charge in [-0.3, -0.25) is 0 Å². The largest absolute Gasteiger partial charge is 0.423 e. The Balaban J connectivity index is 1.97. The van der Waals surface area contributed by atoms with Crippen LogP contribution < -0.4 is 4.74 Å². The molecule has 0 aliphatic heterocycles. The second kappa shape index (κ2) is 9.80. The maximum atomic E-state index is 11.8. The molecule has 3 heteroatoms. The lowest BCUT2D eigenvalue weighted by atomic mass is 10.0. The molecule has 2 rings (SSSR count). The molecule has 3 nitrogen and oxygen atoms in total. The van der Waals surface area contributed by atoms with E-state index in [-0.39, 0.29) is 6.61 Å². The summed E-state index contributed by atoms with van der Waals surface area (Å²) in [5.41, 5.74) is 3.92. The van der Waals surface area contributed by atoms with Gasteiger partial charge >= 0.3 is 5.97 Å². The van der Waals surface area contributed by atoms with Gasteiger partial charge in [-0.25, -0.2) is 4.79 Å². The van der Waals surface area contributed by atoms with Crippen molar-refractivity contribution in [1.82, 2.24) is 0 Å². The number of unbranched alkanes of at least 4 members (excludes halogenated alkanes) is 2. The van der Waals surface area contributed by atoms with Gasteiger partial charge in [0.25, 0.3) is 0 Å². The van der Waals surface area contributed by atoms with E-state index < -0.39 is 5.97 Å². The second-order valence-electron chi connectivity index (χ2n) is 6.10. The standard InChI is InChI=1S/C22H26O3/c1-4-5-6-7-18-8-10-19(11-9-18)20-12-14-21(15-13-20)25-22(23)17(2)16-24-3/h8-15H,2,4-7,16H2,1,3H3. The van der Waals surface area contributed by atoms with Crippen molar-refractivity contribution in [1.29, 1.82) is 0 Å². The van der Waals surface area contributed by atoms with Crippen molar-refractivity contribution in [2.45, 2.75) is 32.6 Å². The number of carbonyl (C=O) groups excluding carboxylic acids is 1. The summed E-state index contributed by atoms with van der Waals surface area (Å²) in [4.78, 5) is 11.8. The predicted molar refractivity (Wildman–Crippen MR) is 102 cm³/mol. The van der Waals surface area contributed by atoms with Crippen LogP contribution in [0.2, 0.25) is 0 Å². The molecule has 0 spiro atoms. The Morgan fingerprint density at radius 3 is 2.12 bits per heavy atom. The van der Waals surface area contributed by atoms with Crippen molar-refractivity contribution in [2.75, 3.05) is 13.7 Å². The summed E-state index contributed by atoms with van der Waals surface area (Å²) < 4.78 is 10.2. The van der Waals surface area contributed by atoms with Gasteiger partial charge in [0.15, 0.2) is 0 Å². The number of esters is 1. The van der Waals surface area contributed by atoms with E-state index in [1.807, 2.05) is 12.1 Å². The highest BCUT2D eigenvalue weighted by Gasteiger charge is 2.09. The van der Waals surface area contributed by atoms with Crippen LogP contribution in [-0.4, -0.2) is 19.7 Å². The van der Waals surface area contributed by atoms with E-state index in [1.54, 1.807) is 12.1 Å². The molecule has 0 saturated carbocycles. The molecule has 132 valence electrons. The highest BCUT2D eigenvalue weighted by atomic mass is 16.5. The zero-order valence-corrected chi connectivity index (χ0v) is 15.1. The van der Waals surface area contributed by atoms with Crippen LogP contribution in [0.3, 0.4) is 0 Å². The van der Waals surface area contributed by atoms with Crippen molar-refractivity contribution < 1.29 is 14.3 Å². The summed E-state index contributed by atoms with van der Waals surface area (Å²) in [6, 6.07) is 16.2. The van der Waals surface area contributed by atoms with Crippen molar-refractivity contribution in [2.24, 2.45) is 0 Å². The number of benzene rings is 2. The molecule has 0 atom stereocenters. The molecule has 2 aromatic carbocycles. The van der Waals surface area contributed by atoms with E-state index in [0.29, 0.717) is 11.3 Å². The third-order valence-corrected chi connectivity index (χ3v) is 4.03. The van der Waals surface area contributed by atoms with Gasteiger partial charge in [0.2, 0.25) is 0 Å². The molecule has 2 aromatic rings. The Hall–Kier alpha value is -2.39. The van der Waals surface area contributed by atoms with Crippen molar-refractivity contribution in [3.05, 3.63) is 66.2 Å². The van der Waals surface area contributed by atoms with E-state index in [0.717, 1.165) is 17.5 Å². The number of aryl methyl sites for hydroxylation is 1. The highest BCUT2D eigenvalue weighted by Crippen LogP contribution is 2.23. The third kappa shape index (κ3) is 5.87. The Morgan fingerprint density at radius 1 is 0.960 bits per heavy atom. The average molecular weight is 338 g/mol. The van der Waals surface area contributed by atoms with E-state index in [9.17, 15) is 4.79 Å². The van der Waals surface area contributed by atoms with E-state index in [4.69, 9.17) is 9.47 Å². The van der Waals surface area contributed by atoms with Gasteiger partial charge < -0.3 is 9.47 Å². The number of ether oxygens (including phenoxy) is 2. The summed E-state index contributed by atoms with van der Waals surface area (Å²) in [5.74, 6) is 0.0354. The Bertz CT molecular complexity index is 684. The monoisotopic (exact) mass is 338 g/mol. The van der Waals surface area contributed by atoms with Crippen LogP contribution >= 0.6 is 0 Å². The summed E-state index contributed by atoms with van der Waals surface area (Å²) in [7, 11) is 1.52. The molecule has 0 unspecified atom stereocenters. The summed E-state index contributed by atoms with van der Waals surface area (Å²) in [6.07, 6.45) is 4.89. The lowest BCUT2D eigenvalue weighted by Crippen LogP contribution is -2.13. The van der Waals surface area contributed by atoms with Crippen molar-refractivity contribution in [3.8, 4) is 16.9 Å². The number of hydrogen-bond acceptors (Lipinski definition) is 3. The van der Waals surface area contributed by atoms with Crippen molar-refractivity contribution in [3.63, 3.8) is 0 Å². The minimum absolute atomic E-state index is 0.168. The average Bonchev–Trinajstić information content (AvgIpc) is 2.63. The maximum Gasteiger partial charge on any atom is 0.341 e. The highest BCUT2D eigenvalue weighted by molar-refractivity contribution is 5.89. The first-order valence-electron chi connectivity index (χ1n) is 8.72. The number of hydrogen-bond donors (Lipinski definition) is 0. The van der Waals surface area contributed by atoms with Crippen LogP contribution in [0.5, 0.6) is 5.75 Å². The Morgan fingerprint density at radius 2 is 1.56 bits per heavy atom. The smallest absolute Gasteiger partial charge is 0.341 e. The normalized spacial score (nSPS) is 10.5. The maximum absolute atomic E-state index is 11.8. The molecule has 0 fully saturated rings. The molecule has 0 aliphatic carbocycles. The Kier molecular flexibility index (Phi) is 7.42. The first-order valence-corrected chi connectivity index (χ1v) is 8.72. The third-order valence-electron chi connectivity index (χ3n) is 4.03. The van der Waals surface area contributed by atoms with Crippen molar-refractivity contribution >= 4 is 5.97 Å². The zero-order valence-electron chi connectivity index (χ0n) is 15.1. The number of carbonyl (C=O) groups is 1. The molecule has 25 heavy (non-hydrogen) atoms. The Labute approximate surface area is 150 Å². The quantitative estimate of drug-likeness (QED) is 0.273. The molecule has 0 saturated heterocycles. The zero-order chi connectivity index (χ0) is 18.1. The van der Waals surface area contributed by atoms with Crippen LogP contribution in [0.15, 0.2) is 60.7 Å². The predicted octanol–water partition coefficient (Wildman–Crippen LogP) is 5.19. The first-order chi connectivity index (χ1) is 12.1. The van der Waals surface area contributed by atoms with Gasteiger partial charge in [-0.05, 0) is 41.7 Å². The van der Waals surface area contributed by atoms with E-state index in [1.165, 1.54) is 31.9 Å². The van der Waals surface area contributed by atoms with Gasteiger partial charge in [0.1, 0.15) is 5.75 Å². The molecule has 0 heterocycles. The molecule has 0 amide bonds. The second-order valence-corrected chi connectivity index (χ2v) is 6.10. The van der Waals surface area contributed by atoms with Crippen LogP contribution in [0.4, 0.5) is 0 Å². The molecule has 0 bridgehead atoms. The molecule has 0 aliphatic rings. The van der Waals surface area contributed by atoms with Gasteiger partial charge in [0, 0.05) is 7.11 Å². The fraction of sp³-hybridized carbons (Fsp3) is 0.318.